The zero-order chi connectivity index (χ0) is 27.6. The largest absolute Gasteiger partial charge is 0.439 e. The standard InChI is InChI=1S/C29H17F6N3O/c30-28(31,32)22-16-25(29(33,34)35)38-26(17-22)39-23-12-10-21(11-13-23)27-36-15-14-24(37-27)20-8-6-19(7-9-20)18-4-2-1-3-5-18/h1-17H. The molecule has 0 saturated carbocycles. The molecule has 0 amide bonds. The van der Waals surface area contributed by atoms with E-state index in [4.69, 9.17) is 4.74 Å². The van der Waals surface area contributed by atoms with Gasteiger partial charge in [-0.25, -0.2) is 15.0 Å². The van der Waals surface area contributed by atoms with E-state index in [2.05, 4.69) is 15.0 Å². The number of benzene rings is 3. The average molecular weight is 537 g/mol. The third-order valence-electron chi connectivity index (χ3n) is 5.70. The van der Waals surface area contributed by atoms with Crippen molar-refractivity contribution >= 4 is 0 Å². The van der Waals surface area contributed by atoms with Crippen molar-refractivity contribution in [2.45, 2.75) is 12.4 Å². The molecule has 0 radical (unpaired) electrons. The third kappa shape index (κ3) is 6.06. The van der Waals surface area contributed by atoms with Crippen molar-refractivity contribution in [2.75, 3.05) is 0 Å². The van der Waals surface area contributed by atoms with E-state index in [1.54, 1.807) is 24.4 Å². The van der Waals surface area contributed by atoms with Crippen molar-refractivity contribution in [3.05, 3.63) is 115 Å². The van der Waals surface area contributed by atoms with E-state index in [0.29, 0.717) is 23.1 Å². The molecule has 2 aromatic heterocycles. The van der Waals surface area contributed by atoms with Gasteiger partial charge >= 0.3 is 12.4 Å². The van der Waals surface area contributed by atoms with Crippen LogP contribution < -0.4 is 4.74 Å². The van der Waals surface area contributed by atoms with Crippen LogP contribution in [0.5, 0.6) is 11.6 Å². The minimum absolute atomic E-state index is 0.00801. The number of nitrogens with zero attached hydrogens (tertiary/aromatic N) is 3. The van der Waals surface area contributed by atoms with Crippen molar-refractivity contribution in [1.82, 2.24) is 15.0 Å². The van der Waals surface area contributed by atoms with Gasteiger partial charge in [-0.1, -0.05) is 54.6 Å². The Morgan fingerprint density at radius 2 is 1.18 bits per heavy atom. The zero-order valence-corrected chi connectivity index (χ0v) is 19.8. The van der Waals surface area contributed by atoms with Gasteiger partial charge < -0.3 is 4.74 Å². The van der Waals surface area contributed by atoms with E-state index < -0.39 is 29.5 Å². The Morgan fingerprint density at radius 1 is 0.564 bits per heavy atom. The summed E-state index contributed by atoms with van der Waals surface area (Å²) in [4.78, 5) is 12.1. The summed E-state index contributed by atoms with van der Waals surface area (Å²) in [5, 5.41) is 0. The van der Waals surface area contributed by atoms with Gasteiger partial charge in [0.25, 0.3) is 0 Å². The van der Waals surface area contributed by atoms with Crippen LogP contribution in [-0.2, 0) is 12.4 Å². The van der Waals surface area contributed by atoms with Gasteiger partial charge in [0, 0.05) is 23.4 Å². The maximum absolute atomic E-state index is 13.1. The summed E-state index contributed by atoms with van der Waals surface area (Å²) < 4.78 is 83.7. The fourth-order valence-electron chi connectivity index (χ4n) is 3.78. The van der Waals surface area contributed by atoms with Crippen LogP contribution in [0.4, 0.5) is 26.3 Å². The second-order valence-electron chi connectivity index (χ2n) is 8.41. The van der Waals surface area contributed by atoms with E-state index in [9.17, 15) is 26.3 Å². The number of rotatable bonds is 5. The summed E-state index contributed by atoms with van der Waals surface area (Å²) in [7, 11) is 0. The van der Waals surface area contributed by atoms with Gasteiger partial charge in [-0.15, -0.1) is 0 Å². The molecule has 196 valence electrons. The normalized spacial score (nSPS) is 11.8. The molecular formula is C29H17F6N3O. The number of alkyl halides is 6. The number of hydrogen-bond donors (Lipinski definition) is 0. The van der Waals surface area contributed by atoms with Crippen molar-refractivity contribution < 1.29 is 31.1 Å². The molecule has 2 heterocycles. The zero-order valence-electron chi connectivity index (χ0n) is 19.8. The molecule has 10 heteroatoms. The summed E-state index contributed by atoms with van der Waals surface area (Å²) in [6.45, 7) is 0. The quantitative estimate of drug-likeness (QED) is 0.211. The number of aromatic nitrogens is 3. The molecule has 5 aromatic rings. The first-order valence-corrected chi connectivity index (χ1v) is 11.5. The van der Waals surface area contributed by atoms with Gasteiger partial charge in [0.2, 0.25) is 5.88 Å². The summed E-state index contributed by atoms with van der Waals surface area (Å²) in [6, 6.07) is 25.8. The van der Waals surface area contributed by atoms with Gasteiger partial charge in [0.15, 0.2) is 5.82 Å². The molecule has 0 unspecified atom stereocenters. The van der Waals surface area contributed by atoms with Crippen LogP contribution in [0.1, 0.15) is 11.3 Å². The molecule has 0 bridgehead atoms. The lowest BCUT2D eigenvalue weighted by molar-refractivity contribution is -0.145. The van der Waals surface area contributed by atoms with Gasteiger partial charge in [-0.3, -0.25) is 0 Å². The Hall–Kier alpha value is -4.73. The Bertz CT molecular complexity index is 1550. The number of pyridine rings is 1. The molecule has 5 rings (SSSR count). The number of ether oxygens (including phenoxy) is 1. The molecule has 0 atom stereocenters. The van der Waals surface area contributed by atoms with Crippen LogP contribution in [0.2, 0.25) is 0 Å². The lowest BCUT2D eigenvalue weighted by Gasteiger charge is -2.13. The number of halogens is 6. The Balaban J connectivity index is 1.36. The predicted octanol–water partition coefficient (Wildman–Crippen LogP) is 8.70. The summed E-state index contributed by atoms with van der Waals surface area (Å²) in [5.74, 6) is -0.462. The Labute approximate surface area is 218 Å². The van der Waals surface area contributed by atoms with Gasteiger partial charge in [-0.2, -0.15) is 26.3 Å². The van der Waals surface area contributed by atoms with Gasteiger partial charge in [0.1, 0.15) is 11.4 Å². The highest BCUT2D eigenvalue weighted by atomic mass is 19.4. The van der Waals surface area contributed by atoms with Gasteiger partial charge in [0.05, 0.1) is 11.3 Å². The summed E-state index contributed by atoms with van der Waals surface area (Å²) >= 11 is 0. The van der Waals surface area contributed by atoms with Crippen LogP contribution in [0.3, 0.4) is 0 Å². The highest BCUT2D eigenvalue weighted by Gasteiger charge is 2.38. The lowest BCUT2D eigenvalue weighted by Crippen LogP contribution is -2.13. The first kappa shape index (κ1) is 25.9. The van der Waals surface area contributed by atoms with Gasteiger partial charge in [-0.05, 0) is 47.5 Å². The lowest BCUT2D eigenvalue weighted by atomic mass is 10.0. The smallest absolute Gasteiger partial charge is 0.433 e. The first-order chi connectivity index (χ1) is 18.6. The maximum Gasteiger partial charge on any atom is 0.433 e. The molecule has 0 aliphatic rings. The fraction of sp³-hybridized carbons (Fsp3) is 0.0690. The number of hydrogen-bond acceptors (Lipinski definition) is 4. The van der Waals surface area contributed by atoms with Crippen molar-refractivity contribution in [3.63, 3.8) is 0 Å². The molecule has 0 aliphatic carbocycles. The average Bonchev–Trinajstić information content (AvgIpc) is 2.93. The molecule has 0 aliphatic heterocycles. The minimum Gasteiger partial charge on any atom is -0.439 e. The van der Waals surface area contributed by atoms with Crippen LogP contribution in [0.15, 0.2) is 103 Å². The van der Waals surface area contributed by atoms with E-state index in [0.717, 1.165) is 16.7 Å². The van der Waals surface area contributed by atoms with Crippen LogP contribution in [-0.4, -0.2) is 15.0 Å². The monoisotopic (exact) mass is 537 g/mol. The topological polar surface area (TPSA) is 47.9 Å². The van der Waals surface area contributed by atoms with Crippen molar-refractivity contribution in [1.29, 1.82) is 0 Å². The SMILES string of the molecule is FC(F)(F)c1cc(Oc2ccc(-c3nccc(-c4ccc(-c5ccccc5)cc4)n3)cc2)nc(C(F)(F)F)c1. The second-order valence-corrected chi connectivity index (χ2v) is 8.41. The fourth-order valence-corrected chi connectivity index (χ4v) is 3.78. The highest BCUT2D eigenvalue weighted by Crippen LogP contribution is 2.37. The van der Waals surface area contributed by atoms with Crippen LogP contribution >= 0.6 is 0 Å². The highest BCUT2D eigenvalue weighted by molar-refractivity contribution is 5.69. The van der Waals surface area contributed by atoms with E-state index in [-0.39, 0.29) is 11.8 Å². The first-order valence-electron chi connectivity index (χ1n) is 11.5. The summed E-state index contributed by atoms with van der Waals surface area (Å²) in [6.07, 6.45) is -8.49. The van der Waals surface area contributed by atoms with Crippen molar-refractivity contribution in [2.24, 2.45) is 0 Å². The maximum atomic E-state index is 13.1. The molecular weight excluding hydrogens is 520 g/mol. The molecule has 0 N–H and O–H groups in total. The van der Waals surface area contributed by atoms with Crippen LogP contribution in [0, 0.1) is 0 Å². The Morgan fingerprint density at radius 3 is 1.82 bits per heavy atom. The summed E-state index contributed by atoms with van der Waals surface area (Å²) in [5.41, 5.74) is 1.04. The second kappa shape index (κ2) is 10.2. The van der Waals surface area contributed by atoms with Crippen LogP contribution in [0.25, 0.3) is 33.8 Å². The molecule has 39 heavy (non-hydrogen) atoms. The van der Waals surface area contributed by atoms with Crippen molar-refractivity contribution in [3.8, 4) is 45.4 Å². The molecule has 3 aromatic carbocycles. The van der Waals surface area contributed by atoms with E-state index in [1.165, 1.54) is 12.1 Å². The predicted molar refractivity (Wildman–Crippen MR) is 133 cm³/mol. The molecule has 4 nitrogen and oxygen atoms in total. The minimum atomic E-state index is -5.08. The van der Waals surface area contributed by atoms with E-state index in [1.807, 2.05) is 54.6 Å². The van der Waals surface area contributed by atoms with E-state index >= 15 is 0 Å². The third-order valence-corrected chi connectivity index (χ3v) is 5.70. The molecule has 0 fully saturated rings. The Kier molecular flexibility index (Phi) is 6.78. The molecule has 0 spiro atoms. The molecule has 0 saturated heterocycles.